The predicted molar refractivity (Wildman–Crippen MR) is 83.4 cm³/mol. The lowest BCUT2D eigenvalue weighted by molar-refractivity contribution is -0.156. The Morgan fingerprint density at radius 2 is 2.00 bits per heavy atom. The summed E-state index contributed by atoms with van der Waals surface area (Å²) in [4.78, 5) is 22.7. The van der Waals surface area contributed by atoms with Crippen LogP contribution in [0.3, 0.4) is 0 Å². The van der Waals surface area contributed by atoms with Gasteiger partial charge in [0.1, 0.15) is 17.4 Å². The van der Waals surface area contributed by atoms with Crippen molar-refractivity contribution in [3.63, 3.8) is 0 Å². The van der Waals surface area contributed by atoms with Gasteiger partial charge < -0.3 is 19.5 Å². The third-order valence-corrected chi connectivity index (χ3v) is 2.72. The van der Waals surface area contributed by atoms with Crippen molar-refractivity contribution in [2.75, 3.05) is 6.86 Å². The molecule has 0 aromatic heterocycles. The van der Waals surface area contributed by atoms with Crippen LogP contribution >= 0.6 is 0 Å². The molecule has 0 aliphatic carbocycles. The van der Waals surface area contributed by atoms with Crippen LogP contribution in [0.25, 0.3) is 0 Å². The van der Waals surface area contributed by atoms with E-state index in [0.717, 1.165) is 5.56 Å². The molecule has 5 nitrogen and oxygen atoms in total. The smallest absolute Gasteiger partial charge is 0.322 e. The number of hydrogen-bond acceptors (Lipinski definition) is 5. The normalized spacial score (nSPS) is 12.4. The second kappa shape index (κ2) is 8.53. The first-order valence-corrected chi connectivity index (χ1v) is 7.03. The first-order chi connectivity index (χ1) is 10.4. The van der Waals surface area contributed by atoms with E-state index in [1.165, 1.54) is 0 Å². The van der Waals surface area contributed by atoms with Gasteiger partial charge in [-0.15, -0.1) is 0 Å². The van der Waals surface area contributed by atoms with Gasteiger partial charge in [0.2, 0.25) is 6.86 Å². The summed E-state index contributed by atoms with van der Waals surface area (Å²) in [6.07, 6.45) is 1.05. The third kappa shape index (κ3) is 6.71. The Kier molecular flexibility index (Phi) is 7.04. The van der Waals surface area contributed by atoms with E-state index < -0.39 is 24.5 Å². The van der Waals surface area contributed by atoms with Crippen LogP contribution in [0.15, 0.2) is 24.3 Å². The fourth-order valence-corrected chi connectivity index (χ4v) is 1.82. The van der Waals surface area contributed by atoms with Gasteiger partial charge >= 0.3 is 5.97 Å². The molecule has 0 amide bonds. The minimum Gasteiger partial charge on any atom is -0.463 e. The average Bonchev–Trinajstić information content (AvgIpc) is 2.43. The maximum Gasteiger partial charge on any atom is 0.322 e. The summed E-state index contributed by atoms with van der Waals surface area (Å²) in [6, 6.07) is 6.11. The second-order valence-electron chi connectivity index (χ2n) is 5.76. The molecule has 7 heteroatoms. The number of esters is 1. The number of rotatable bonds is 8. The molecule has 0 unspecified atom stereocenters. The van der Waals surface area contributed by atoms with Gasteiger partial charge in [0.15, 0.2) is 0 Å². The number of benzene rings is 1. The number of hydrogen-bond donors (Lipinski definition) is 1. The van der Waals surface area contributed by atoms with Gasteiger partial charge in [-0.1, -0.05) is 12.1 Å². The van der Waals surface area contributed by atoms with Crippen molar-refractivity contribution in [3.05, 3.63) is 29.8 Å². The maximum absolute atomic E-state index is 12.2. The lowest BCUT2D eigenvalue weighted by atomic mass is 9.94. The molecule has 1 aromatic rings. The Bertz CT molecular complexity index is 487. The fraction of sp³-hybridized carbons (Fsp3) is 0.467. The van der Waals surface area contributed by atoms with Crippen LogP contribution in [0.5, 0.6) is 5.75 Å². The highest BCUT2D eigenvalue weighted by Crippen LogP contribution is 2.15. The molecule has 120 valence electrons. The zero-order chi connectivity index (χ0) is 16.6. The summed E-state index contributed by atoms with van der Waals surface area (Å²) in [5, 5.41) is 2.85. The molecule has 1 N–H and O–H groups in total. The highest BCUT2D eigenvalue weighted by atomic mass is 19.1. The molecule has 0 radical (unpaired) electrons. The zero-order valence-electron chi connectivity index (χ0n) is 13.1. The molecule has 0 saturated heterocycles. The Labute approximate surface area is 130 Å². The fourth-order valence-electron chi connectivity index (χ4n) is 1.82. The third-order valence-electron chi connectivity index (χ3n) is 2.72. The first kappa shape index (κ1) is 18.2. The lowest BCUT2D eigenvalue weighted by Gasteiger charge is -2.24. The van der Waals surface area contributed by atoms with Gasteiger partial charge in [0.25, 0.3) is 7.41 Å². The summed E-state index contributed by atoms with van der Waals surface area (Å²) in [5.74, 6) is -0.000599. The molecular formula is C15H21BFNO4. The number of nitrogens with one attached hydrogen (secondary N) is 1. The van der Waals surface area contributed by atoms with Crippen molar-refractivity contribution in [2.45, 2.75) is 38.8 Å². The summed E-state index contributed by atoms with van der Waals surface area (Å²) in [6.45, 7) is 4.46. The molecule has 1 aromatic carbocycles. The van der Waals surface area contributed by atoms with E-state index >= 15 is 0 Å². The molecule has 0 saturated carbocycles. The van der Waals surface area contributed by atoms with Gasteiger partial charge in [-0.3, -0.25) is 4.79 Å². The van der Waals surface area contributed by atoms with Crippen LogP contribution < -0.4 is 9.96 Å². The largest absolute Gasteiger partial charge is 0.463 e. The van der Waals surface area contributed by atoms with E-state index in [1.807, 2.05) is 0 Å². The Balaban J connectivity index is 2.75. The summed E-state index contributed by atoms with van der Waals surface area (Å²) >= 11 is 0. The average molecular weight is 309 g/mol. The standard InChI is InChI=1S/C15H21BFNO4/c1-15(2,3)22-14(20)13(18-16-9-19)8-11-4-6-12(7-5-11)21-10-17/h4-7,9,13,16,18H,8,10H2,1-3H3/t13-/m0/s1. The number of alkyl halides is 1. The summed E-state index contributed by atoms with van der Waals surface area (Å²) in [7, 11) is 0.0625. The van der Waals surface area contributed by atoms with Crippen LogP contribution in [0, 0.1) is 0 Å². The minimum absolute atomic E-state index is 0.0625. The van der Waals surface area contributed by atoms with Crippen molar-refractivity contribution in [1.82, 2.24) is 5.23 Å². The van der Waals surface area contributed by atoms with Crippen LogP contribution in [0.1, 0.15) is 26.3 Å². The molecular weight excluding hydrogens is 288 g/mol. The predicted octanol–water partition coefficient (Wildman–Crippen LogP) is 1.38. The Hall–Kier alpha value is -1.89. The van der Waals surface area contributed by atoms with Crippen molar-refractivity contribution in [2.24, 2.45) is 0 Å². The van der Waals surface area contributed by atoms with Crippen molar-refractivity contribution in [1.29, 1.82) is 0 Å². The van der Waals surface area contributed by atoms with Crippen molar-refractivity contribution < 1.29 is 23.5 Å². The van der Waals surface area contributed by atoms with Gasteiger partial charge in [0, 0.05) is 0 Å². The highest BCUT2D eigenvalue weighted by molar-refractivity contribution is 6.64. The number of carbonyl (C=O) groups excluding carboxylic acids is 2. The highest BCUT2D eigenvalue weighted by Gasteiger charge is 2.25. The summed E-state index contributed by atoms with van der Waals surface area (Å²) < 4.78 is 22.1. The molecule has 0 bridgehead atoms. The van der Waals surface area contributed by atoms with E-state index in [1.54, 1.807) is 45.0 Å². The molecule has 0 fully saturated rings. The van der Waals surface area contributed by atoms with Crippen LogP contribution in [-0.2, 0) is 20.7 Å². The molecule has 1 atom stereocenters. The van der Waals surface area contributed by atoms with E-state index in [-0.39, 0.29) is 7.41 Å². The number of halogens is 1. The van der Waals surface area contributed by atoms with Crippen molar-refractivity contribution >= 4 is 19.6 Å². The van der Waals surface area contributed by atoms with E-state index in [2.05, 4.69) is 5.23 Å². The first-order valence-electron chi connectivity index (χ1n) is 7.03. The zero-order valence-corrected chi connectivity index (χ0v) is 13.1. The van der Waals surface area contributed by atoms with Crippen molar-refractivity contribution in [3.8, 4) is 5.75 Å². The van der Waals surface area contributed by atoms with Crippen LogP contribution in [-0.4, -0.2) is 38.1 Å². The molecule has 0 aliphatic rings. The summed E-state index contributed by atoms with van der Waals surface area (Å²) in [5.41, 5.74) is 0.247. The lowest BCUT2D eigenvalue weighted by Crippen LogP contribution is -2.44. The molecule has 1 rings (SSSR count). The van der Waals surface area contributed by atoms with Crippen LogP contribution in [0.4, 0.5) is 4.39 Å². The number of carbonyl (C=O) groups is 2. The van der Waals surface area contributed by atoms with E-state index in [0.29, 0.717) is 18.4 Å². The van der Waals surface area contributed by atoms with Gasteiger partial charge in [-0.2, -0.15) is 0 Å². The second-order valence-corrected chi connectivity index (χ2v) is 5.76. The SMILES string of the molecule is CC(C)(C)OC(=O)[C@H](Cc1ccc(OCF)cc1)NBC=O. The quantitative estimate of drug-likeness (QED) is 0.446. The van der Waals surface area contributed by atoms with Crippen LogP contribution in [0.2, 0.25) is 0 Å². The Morgan fingerprint density at radius 1 is 1.36 bits per heavy atom. The van der Waals surface area contributed by atoms with Gasteiger partial charge in [-0.25, -0.2) is 4.39 Å². The molecule has 0 spiro atoms. The van der Waals surface area contributed by atoms with Gasteiger partial charge in [-0.05, 0) is 44.9 Å². The minimum atomic E-state index is -0.888. The number of ether oxygens (including phenoxy) is 2. The molecule has 0 aliphatic heterocycles. The topological polar surface area (TPSA) is 64.6 Å². The molecule has 22 heavy (non-hydrogen) atoms. The monoisotopic (exact) mass is 309 g/mol. The van der Waals surface area contributed by atoms with E-state index in [4.69, 9.17) is 9.47 Å². The maximum atomic E-state index is 12.2. The van der Waals surface area contributed by atoms with E-state index in [9.17, 15) is 14.0 Å². The molecule has 0 heterocycles. The Morgan fingerprint density at radius 3 is 2.50 bits per heavy atom. The van der Waals surface area contributed by atoms with Gasteiger partial charge in [0.05, 0.1) is 6.19 Å².